The van der Waals surface area contributed by atoms with Crippen LogP contribution >= 0.6 is 11.6 Å². The second kappa shape index (κ2) is 7.77. The van der Waals surface area contributed by atoms with Gasteiger partial charge in [-0.05, 0) is 6.07 Å². The molecule has 0 bridgehead atoms. The Labute approximate surface area is 145 Å². The fraction of sp³-hybridized carbons (Fsp3) is 0.500. The van der Waals surface area contributed by atoms with Gasteiger partial charge in [-0.2, -0.15) is 13.2 Å². The Morgan fingerprint density at radius 1 is 1.40 bits per heavy atom. The van der Waals surface area contributed by atoms with Gasteiger partial charge < -0.3 is 20.1 Å². The van der Waals surface area contributed by atoms with Gasteiger partial charge in [0.25, 0.3) is 0 Å². The molecule has 1 aromatic heterocycles. The molecule has 1 aliphatic rings. The number of ether oxygens (including phenoxy) is 1. The quantitative estimate of drug-likeness (QED) is 0.761. The maximum Gasteiger partial charge on any atom is 0.394 e. The molecule has 0 saturated carbocycles. The monoisotopic (exact) mass is 381 g/mol. The lowest BCUT2D eigenvalue weighted by Gasteiger charge is -2.18. The molecule has 2 N–H and O–H groups in total. The van der Waals surface area contributed by atoms with Crippen LogP contribution in [0, 0.1) is 11.8 Å². The average molecular weight is 382 g/mol. The van der Waals surface area contributed by atoms with Crippen molar-refractivity contribution < 1.29 is 32.6 Å². The van der Waals surface area contributed by atoms with E-state index in [0.29, 0.717) is 5.02 Å². The molecule has 2 rings (SSSR count). The van der Waals surface area contributed by atoms with Crippen LogP contribution in [-0.4, -0.2) is 59.4 Å². The summed E-state index contributed by atoms with van der Waals surface area (Å²) in [6, 6.07) is 2.32. The summed E-state index contributed by atoms with van der Waals surface area (Å²) in [5.74, 6) is -5.04. The highest BCUT2D eigenvalue weighted by atomic mass is 35.5. The zero-order valence-corrected chi connectivity index (χ0v) is 13.5. The number of urea groups is 1. The predicted molar refractivity (Wildman–Crippen MR) is 80.4 cm³/mol. The second-order valence-electron chi connectivity index (χ2n) is 5.39. The van der Waals surface area contributed by atoms with Gasteiger partial charge in [0.05, 0.1) is 23.4 Å². The lowest BCUT2D eigenvalue weighted by molar-refractivity contribution is -0.187. The number of halogens is 4. The lowest BCUT2D eigenvalue weighted by atomic mass is 9.96. The summed E-state index contributed by atoms with van der Waals surface area (Å²) >= 11 is 5.66. The fourth-order valence-corrected chi connectivity index (χ4v) is 2.54. The minimum Gasteiger partial charge on any atom is -0.481 e. The van der Waals surface area contributed by atoms with E-state index >= 15 is 0 Å². The minimum absolute atomic E-state index is 0.0219. The SMILES string of the molecule is O=C(O)[C@@H]1CN(C(=O)NCCOc2ccc(Cl)cn2)C[C@H]1C(F)(F)F. The molecule has 0 aromatic carbocycles. The van der Waals surface area contributed by atoms with Gasteiger partial charge in [0.15, 0.2) is 0 Å². The van der Waals surface area contributed by atoms with E-state index < -0.39 is 43.1 Å². The van der Waals surface area contributed by atoms with Crippen LogP contribution in [0.5, 0.6) is 5.88 Å². The molecule has 1 aliphatic heterocycles. The van der Waals surface area contributed by atoms with Crippen LogP contribution in [-0.2, 0) is 4.79 Å². The predicted octanol–water partition coefficient (Wildman–Crippen LogP) is 2.02. The van der Waals surface area contributed by atoms with Crippen molar-refractivity contribution in [1.29, 1.82) is 0 Å². The third kappa shape index (κ3) is 5.12. The van der Waals surface area contributed by atoms with Crippen molar-refractivity contribution in [3.05, 3.63) is 23.4 Å². The molecule has 25 heavy (non-hydrogen) atoms. The first-order valence-electron chi connectivity index (χ1n) is 7.25. The number of carboxylic acid groups (broad SMARTS) is 1. The van der Waals surface area contributed by atoms with E-state index in [0.717, 1.165) is 4.90 Å². The number of pyridine rings is 1. The zero-order valence-electron chi connectivity index (χ0n) is 12.8. The molecule has 1 fully saturated rings. The van der Waals surface area contributed by atoms with Gasteiger partial charge in [-0.1, -0.05) is 11.6 Å². The average Bonchev–Trinajstić information content (AvgIpc) is 2.99. The van der Waals surface area contributed by atoms with Crippen molar-refractivity contribution in [2.24, 2.45) is 11.8 Å². The largest absolute Gasteiger partial charge is 0.481 e. The Bertz CT molecular complexity index is 627. The number of hydrogen-bond acceptors (Lipinski definition) is 4. The van der Waals surface area contributed by atoms with E-state index in [1.54, 1.807) is 6.07 Å². The smallest absolute Gasteiger partial charge is 0.394 e. The zero-order chi connectivity index (χ0) is 18.6. The lowest BCUT2D eigenvalue weighted by Crippen LogP contribution is -2.41. The van der Waals surface area contributed by atoms with E-state index in [2.05, 4.69) is 10.3 Å². The molecular formula is C14H15ClF3N3O4. The van der Waals surface area contributed by atoms with Crippen molar-refractivity contribution >= 4 is 23.6 Å². The molecule has 138 valence electrons. The van der Waals surface area contributed by atoms with Crippen LogP contribution in [0.1, 0.15) is 0 Å². The van der Waals surface area contributed by atoms with Crippen LogP contribution in [0.4, 0.5) is 18.0 Å². The maximum absolute atomic E-state index is 12.9. The molecule has 7 nitrogen and oxygen atoms in total. The number of nitrogens with one attached hydrogen (secondary N) is 1. The number of likely N-dealkylation sites (tertiary alicyclic amines) is 1. The first-order valence-corrected chi connectivity index (χ1v) is 7.63. The number of nitrogens with zero attached hydrogens (tertiary/aromatic N) is 2. The molecule has 1 saturated heterocycles. The van der Waals surface area contributed by atoms with Gasteiger partial charge in [-0.15, -0.1) is 0 Å². The Morgan fingerprint density at radius 3 is 2.64 bits per heavy atom. The third-order valence-corrected chi connectivity index (χ3v) is 3.90. The molecule has 11 heteroatoms. The molecule has 2 atom stereocenters. The fourth-order valence-electron chi connectivity index (χ4n) is 2.42. The highest BCUT2D eigenvalue weighted by Crippen LogP contribution is 2.37. The molecular weight excluding hydrogens is 367 g/mol. The van der Waals surface area contributed by atoms with E-state index in [4.69, 9.17) is 21.4 Å². The van der Waals surface area contributed by atoms with E-state index in [1.807, 2.05) is 0 Å². The molecule has 0 radical (unpaired) electrons. The van der Waals surface area contributed by atoms with Crippen LogP contribution in [0.15, 0.2) is 18.3 Å². The molecule has 2 heterocycles. The van der Waals surface area contributed by atoms with E-state index in [9.17, 15) is 22.8 Å². The number of alkyl halides is 3. The van der Waals surface area contributed by atoms with Gasteiger partial charge in [0, 0.05) is 25.4 Å². The highest BCUT2D eigenvalue weighted by Gasteiger charge is 2.53. The number of carboxylic acids is 1. The normalized spacial score (nSPS) is 20.4. The summed E-state index contributed by atoms with van der Waals surface area (Å²) in [5.41, 5.74) is 0. The Balaban J connectivity index is 1.80. The van der Waals surface area contributed by atoms with Gasteiger partial charge in [0.2, 0.25) is 5.88 Å². The number of aromatic nitrogens is 1. The van der Waals surface area contributed by atoms with Crippen LogP contribution in [0.2, 0.25) is 5.02 Å². The highest BCUT2D eigenvalue weighted by molar-refractivity contribution is 6.30. The van der Waals surface area contributed by atoms with E-state index in [-0.39, 0.29) is 19.0 Å². The third-order valence-electron chi connectivity index (χ3n) is 3.67. The van der Waals surface area contributed by atoms with Crippen molar-refractivity contribution in [1.82, 2.24) is 15.2 Å². The maximum atomic E-state index is 12.9. The minimum atomic E-state index is -4.68. The van der Waals surface area contributed by atoms with Gasteiger partial charge in [0.1, 0.15) is 6.61 Å². The van der Waals surface area contributed by atoms with Crippen molar-refractivity contribution in [2.75, 3.05) is 26.2 Å². The van der Waals surface area contributed by atoms with E-state index in [1.165, 1.54) is 12.3 Å². The number of aliphatic carboxylic acids is 1. The second-order valence-corrected chi connectivity index (χ2v) is 5.83. The van der Waals surface area contributed by atoms with Gasteiger partial charge >= 0.3 is 18.2 Å². The standard InChI is InChI=1S/C14H15ClF3N3O4/c15-8-1-2-11(20-5-8)25-4-3-19-13(24)21-6-9(12(22)23)10(7-21)14(16,17)18/h1-2,5,9-10H,3-4,6-7H2,(H,19,24)(H,22,23)/t9-,10-/m1/s1. The summed E-state index contributed by atoms with van der Waals surface area (Å²) in [6.07, 6.45) is -3.30. The molecule has 0 spiro atoms. The first kappa shape index (κ1) is 19.1. The summed E-state index contributed by atoms with van der Waals surface area (Å²) in [7, 11) is 0. The topological polar surface area (TPSA) is 91.8 Å². The Kier molecular flexibility index (Phi) is 5.93. The van der Waals surface area contributed by atoms with Crippen LogP contribution < -0.4 is 10.1 Å². The van der Waals surface area contributed by atoms with Crippen LogP contribution in [0.3, 0.4) is 0 Å². The molecule has 0 unspecified atom stereocenters. The summed E-state index contributed by atoms with van der Waals surface area (Å²) in [4.78, 5) is 27.6. The van der Waals surface area contributed by atoms with Crippen molar-refractivity contribution in [3.63, 3.8) is 0 Å². The van der Waals surface area contributed by atoms with Gasteiger partial charge in [-0.25, -0.2) is 9.78 Å². The first-order chi connectivity index (χ1) is 11.7. The summed E-state index contributed by atoms with van der Waals surface area (Å²) < 4.78 is 43.8. The van der Waals surface area contributed by atoms with Gasteiger partial charge in [-0.3, -0.25) is 4.79 Å². The Hall–Kier alpha value is -2.23. The molecule has 1 aromatic rings. The molecule has 2 amide bonds. The number of hydrogen-bond donors (Lipinski definition) is 2. The van der Waals surface area contributed by atoms with Crippen LogP contribution in [0.25, 0.3) is 0 Å². The van der Waals surface area contributed by atoms with Crippen molar-refractivity contribution in [3.8, 4) is 5.88 Å². The van der Waals surface area contributed by atoms with Crippen molar-refractivity contribution in [2.45, 2.75) is 6.18 Å². The number of rotatable bonds is 5. The number of carbonyl (C=O) groups is 2. The Morgan fingerprint density at radius 2 is 2.12 bits per heavy atom. The number of carbonyl (C=O) groups excluding carboxylic acids is 1. The summed E-state index contributed by atoms with van der Waals surface area (Å²) in [5, 5.41) is 11.7. The number of amides is 2. The molecule has 0 aliphatic carbocycles. The summed E-state index contributed by atoms with van der Waals surface area (Å²) in [6.45, 7) is -1.12.